The average Bonchev–Trinajstić information content (AvgIpc) is 2.35. The van der Waals surface area contributed by atoms with Gasteiger partial charge in [0.1, 0.15) is 0 Å². The summed E-state index contributed by atoms with van der Waals surface area (Å²) in [6, 6.07) is -0.0880. The van der Waals surface area contributed by atoms with Crippen molar-refractivity contribution >= 4 is 12.0 Å². The highest BCUT2D eigenvalue weighted by Crippen LogP contribution is 1.92. The van der Waals surface area contributed by atoms with E-state index in [4.69, 9.17) is 6.48 Å². The van der Waals surface area contributed by atoms with Crippen LogP contribution in [0.3, 0.4) is 0 Å². The first kappa shape index (κ1) is 5.22. The molecule has 4 nitrogen and oxygen atoms in total. The van der Waals surface area contributed by atoms with Gasteiger partial charge in [0.25, 0.3) is 0 Å². The van der Waals surface area contributed by atoms with Gasteiger partial charge in [-0.25, -0.2) is 9.78 Å². The molecule has 0 unspecified atom stereocenters. The molecular weight excluding hydrogens is 134 g/mol. The Morgan fingerprint density at radius 3 is 3.30 bits per heavy atom. The topological polar surface area (TPSA) is 66.0 Å². The van der Waals surface area contributed by atoms with Crippen LogP contribution in [0.25, 0.3) is 6.05 Å². The molecule has 0 aliphatic carbocycles. The van der Waals surface area contributed by atoms with Gasteiger partial charge in [-0.2, -0.15) is 0 Å². The summed E-state index contributed by atoms with van der Waals surface area (Å²) in [4.78, 5) is 16.3. The average molecular weight is 141 g/mol. The van der Waals surface area contributed by atoms with E-state index >= 15 is 0 Å². The minimum Gasteiger partial charge on any atom is -0.478 e. The standard InChI is InChI=1S/C6H6N2O2/c9-6(10)2-1-5-3-7-4-8-5/h1-4H,(H,7,8)(H,9,10)/b2-1+/i1D,2+1,6+1. The SMILES string of the molecule is [2H]/C(=[13CH]\[13C](=O)O)c1cnc[nH]1. The fourth-order valence-electron chi connectivity index (χ4n) is 0.474. The van der Waals surface area contributed by atoms with Crippen LogP contribution >= 0.6 is 0 Å². The fourth-order valence-corrected chi connectivity index (χ4v) is 0.474. The van der Waals surface area contributed by atoms with Crippen LogP contribution in [0, 0.1) is 0 Å². The van der Waals surface area contributed by atoms with E-state index < -0.39 is 5.97 Å². The van der Waals surface area contributed by atoms with E-state index in [1.165, 1.54) is 12.5 Å². The largest absolute Gasteiger partial charge is 0.478 e. The Bertz CT molecular complexity index is 279. The highest BCUT2D eigenvalue weighted by Gasteiger charge is 1.87. The smallest absolute Gasteiger partial charge is 0.328 e. The van der Waals surface area contributed by atoms with E-state index in [9.17, 15) is 4.79 Å². The number of carboxylic acid groups (broad SMARTS) is 1. The summed E-state index contributed by atoms with van der Waals surface area (Å²) in [6.45, 7) is 0. The summed E-state index contributed by atoms with van der Waals surface area (Å²) >= 11 is 0. The summed E-state index contributed by atoms with van der Waals surface area (Å²) < 4.78 is 7.17. The number of aliphatic carboxylic acids is 1. The number of aromatic nitrogens is 2. The maximum absolute atomic E-state index is 10.1. The molecule has 0 bridgehead atoms. The Labute approximate surface area is 58.6 Å². The normalized spacial score (nSPS) is 12.8. The molecule has 0 atom stereocenters. The maximum atomic E-state index is 10.1. The molecule has 52 valence electrons. The van der Waals surface area contributed by atoms with E-state index in [1.54, 1.807) is 0 Å². The van der Waals surface area contributed by atoms with Crippen molar-refractivity contribution in [3.05, 3.63) is 24.3 Å². The lowest BCUT2D eigenvalue weighted by Gasteiger charge is -1.79. The number of nitrogens with zero attached hydrogens (tertiary/aromatic N) is 1. The van der Waals surface area contributed by atoms with Crippen LogP contribution in [0.2, 0.25) is 0 Å². The number of imidazole rings is 1. The predicted molar refractivity (Wildman–Crippen MR) is 35.3 cm³/mol. The second-order valence-electron chi connectivity index (χ2n) is 1.59. The van der Waals surface area contributed by atoms with E-state index in [0.717, 1.165) is 6.08 Å². The molecule has 1 aromatic heterocycles. The molecular formula is C6H6N2O2. The van der Waals surface area contributed by atoms with Gasteiger partial charge in [-0.1, -0.05) is 0 Å². The summed E-state index contributed by atoms with van der Waals surface area (Å²) in [6.07, 6.45) is 3.58. The van der Waals surface area contributed by atoms with Crippen molar-refractivity contribution in [2.75, 3.05) is 0 Å². The first-order valence-electron chi connectivity index (χ1n) is 3.10. The Kier molecular flexibility index (Phi) is 1.47. The molecule has 0 saturated heterocycles. The van der Waals surface area contributed by atoms with Crippen LogP contribution in [0.5, 0.6) is 0 Å². The zero-order chi connectivity index (χ0) is 8.27. The number of hydrogen-bond donors (Lipinski definition) is 2. The van der Waals surface area contributed by atoms with Gasteiger partial charge >= 0.3 is 5.97 Å². The zero-order valence-electron chi connectivity index (χ0n) is 6.03. The van der Waals surface area contributed by atoms with Gasteiger partial charge in [-0.3, -0.25) is 0 Å². The highest BCUT2D eigenvalue weighted by molar-refractivity contribution is 5.84. The third kappa shape index (κ3) is 1.74. The molecule has 0 aromatic carbocycles. The molecule has 0 aliphatic rings. The summed E-state index contributed by atoms with van der Waals surface area (Å²) in [5.74, 6) is -1.13. The van der Waals surface area contributed by atoms with Gasteiger partial charge in [0, 0.05) is 6.08 Å². The van der Waals surface area contributed by atoms with Crippen molar-refractivity contribution in [1.29, 1.82) is 0 Å². The Morgan fingerprint density at radius 2 is 2.80 bits per heavy atom. The lowest BCUT2D eigenvalue weighted by atomic mass is 10.5. The Morgan fingerprint density at radius 1 is 2.00 bits per heavy atom. The predicted octanol–water partition coefficient (Wildman–Crippen LogP) is 0.507. The monoisotopic (exact) mass is 141 g/mol. The molecule has 1 rings (SSSR count). The van der Waals surface area contributed by atoms with E-state index in [-0.39, 0.29) is 6.05 Å². The molecule has 1 aromatic rings. The third-order valence-electron chi connectivity index (χ3n) is 0.849. The second-order valence-corrected chi connectivity index (χ2v) is 1.59. The van der Waals surface area contributed by atoms with Gasteiger partial charge in [-0.15, -0.1) is 0 Å². The van der Waals surface area contributed by atoms with Crippen LogP contribution in [0.1, 0.15) is 7.06 Å². The zero-order valence-corrected chi connectivity index (χ0v) is 5.03. The van der Waals surface area contributed by atoms with E-state index in [2.05, 4.69) is 9.97 Å². The number of hydrogen-bond acceptors (Lipinski definition) is 2. The van der Waals surface area contributed by atoms with Crippen molar-refractivity contribution in [2.45, 2.75) is 0 Å². The molecule has 0 radical (unpaired) electrons. The molecule has 4 heteroatoms. The minimum absolute atomic E-state index is 0.0880. The molecule has 0 spiro atoms. The molecule has 0 aliphatic heterocycles. The Hall–Kier alpha value is -1.58. The van der Waals surface area contributed by atoms with Crippen molar-refractivity contribution < 1.29 is 11.3 Å². The lowest BCUT2D eigenvalue weighted by Crippen LogP contribution is -1.85. The number of H-pyrrole nitrogens is 1. The van der Waals surface area contributed by atoms with Crippen molar-refractivity contribution in [3.63, 3.8) is 0 Å². The van der Waals surface area contributed by atoms with Crippen LogP contribution in [-0.2, 0) is 4.79 Å². The quantitative estimate of drug-likeness (QED) is 0.465. The third-order valence-corrected chi connectivity index (χ3v) is 0.849. The molecule has 0 amide bonds. The van der Waals surface area contributed by atoms with Crippen molar-refractivity contribution in [2.24, 2.45) is 0 Å². The number of rotatable bonds is 2. The number of carboxylic acids is 1. The Balaban J connectivity index is 2.86. The molecule has 1 heterocycles. The van der Waals surface area contributed by atoms with Crippen LogP contribution in [0.15, 0.2) is 18.6 Å². The fraction of sp³-hybridized carbons (Fsp3) is 0. The second kappa shape index (κ2) is 2.82. The van der Waals surface area contributed by atoms with E-state index in [1.807, 2.05) is 0 Å². The van der Waals surface area contributed by atoms with E-state index in [0.29, 0.717) is 5.69 Å². The van der Waals surface area contributed by atoms with Gasteiger partial charge in [-0.05, 0) is 6.05 Å². The highest BCUT2D eigenvalue weighted by atomic mass is 16.5. The minimum atomic E-state index is -1.13. The lowest BCUT2D eigenvalue weighted by molar-refractivity contribution is -0.131. The van der Waals surface area contributed by atoms with Crippen LogP contribution in [-0.4, -0.2) is 21.0 Å². The van der Waals surface area contributed by atoms with Crippen LogP contribution < -0.4 is 0 Å². The molecule has 0 fully saturated rings. The summed E-state index contributed by atoms with van der Waals surface area (Å²) in [5.41, 5.74) is 0.396. The van der Waals surface area contributed by atoms with Crippen molar-refractivity contribution in [3.8, 4) is 0 Å². The number of carbonyl (C=O) groups is 1. The van der Waals surface area contributed by atoms with Gasteiger partial charge in [0.05, 0.1) is 19.6 Å². The van der Waals surface area contributed by atoms with Crippen molar-refractivity contribution in [1.82, 2.24) is 9.97 Å². The number of nitrogens with one attached hydrogen (secondary N) is 1. The first-order chi connectivity index (χ1) is 5.20. The summed E-state index contributed by atoms with van der Waals surface area (Å²) in [7, 11) is 0. The molecule has 2 N–H and O–H groups in total. The van der Waals surface area contributed by atoms with Gasteiger partial charge in [0.15, 0.2) is 0 Å². The first-order valence-corrected chi connectivity index (χ1v) is 2.60. The van der Waals surface area contributed by atoms with Gasteiger partial charge < -0.3 is 10.1 Å². The summed E-state index contributed by atoms with van der Waals surface area (Å²) in [5, 5.41) is 8.25. The van der Waals surface area contributed by atoms with Crippen LogP contribution in [0.4, 0.5) is 0 Å². The molecule has 0 saturated carbocycles. The molecule has 10 heavy (non-hydrogen) atoms. The number of aromatic amines is 1. The van der Waals surface area contributed by atoms with Gasteiger partial charge in [0.2, 0.25) is 0 Å². The maximum Gasteiger partial charge on any atom is 0.328 e.